The molecule has 2 unspecified atom stereocenters. The monoisotopic (exact) mass is 277 g/mol. The Morgan fingerprint density at radius 3 is 2.35 bits per heavy atom. The normalized spacial score (nSPS) is 19.9. The third-order valence-electron chi connectivity index (χ3n) is 4.39. The highest BCUT2D eigenvalue weighted by Crippen LogP contribution is 2.20. The van der Waals surface area contributed by atoms with Crippen LogP contribution in [0.3, 0.4) is 0 Å². The summed E-state index contributed by atoms with van der Waals surface area (Å²) in [5, 5.41) is 9.77. The minimum absolute atomic E-state index is 0.439. The molecule has 0 radical (unpaired) electrons. The lowest BCUT2D eigenvalue weighted by molar-refractivity contribution is 0.169. The number of aliphatic hydroxyl groups is 1. The minimum atomic E-state index is -0.439. The molecule has 0 bridgehead atoms. The smallest absolute Gasteiger partial charge is 0.0957 e. The Labute approximate surface area is 122 Å². The summed E-state index contributed by atoms with van der Waals surface area (Å²) >= 11 is 0. The lowest BCUT2D eigenvalue weighted by Crippen LogP contribution is -2.49. The number of aromatic nitrogens is 1. The third kappa shape index (κ3) is 3.49. The molecule has 1 aromatic heterocycles. The molecule has 2 heterocycles. The van der Waals surface area contributed by atoms with E-state index in [0.717, 1.165) is 31.9 Å². The molecule has 0 saturated carbocycles. The van der Waals surface area contributed by atoms with Crippen LogP contribution in [-0.4, -0.2) is 47.2 Å². The number of piperazine rings is 1. The van der Waals surface area contributed by atoms with Crippen molar-refractivity contribution in [1.82, 2.24) is 9.88 Å². The van der Waals surface area contributed by atoms with E-state index in [1.54, 1.807) is 0 Å². The summed E-state index contributed by atoms with van der Waals surface area (Å²) < 4.78 is 0. The van der Waals surface area contributed by atoms with Gasteiger partial charge in [-0.3, -0.25) is 9.88 Å². The molecule has 4 nitrogen and oxygen atoms in total. The second kappa shape index (κ2) is 7.04. The van der Waals surface area contributed by atoms with Gasteiger partial charge in [0.2, 0.25) is 0 Å². The second-order valence-electron chi connectivity index (χ2n) is 5.65. The number of pyridine rings is 1. The van der Waals surface area contributed by atoms with Crippen molar-refractivity contribution in [3.8, 4) is 0 Å². The number of rotatable bonds is 5. The van der Waals surface area contributed by atoms with Gasteiger partial charge in [0.15, 0.2) is 0 Å². The van der Waals surface area contributed by atoms with Crippen LogP contribution >= 0.6 is 0 Å². The van der Waals surface area contributed by atoms with Gasteiger partial charge < -0.3 is 10.0 Å². The van der Waals surface area contributed by atoms with Gasteiger partial charge in [-0.2, -0.15) is 0 Å². The van der Waals surface area contributed by atoms with E-state index in [4.69, 9.17) is 0 Å². The summed E-state index contributed by atoms with van der Waals surface area (Å²) in [6.07, 6.45) is 3.38. The van der Waals surface area contributed by atoms with Crippen molar-refractivity contribution in [2.45, 2.75) is 45.8 Å². The Morgan fingerprint density at radius 1 is 1.15 bits per heavy atom. The zero-order chi connectivity index (χ0) is 14.5. The van der Waals surface area contributed by atoms with Crippen molar-refractivity contribution in [2.75, 3.05) is 31.1 Å². The Kier molecular flexibility index (Phi) is 5.38. The van der Waals surface area contributed by atoms with E-state index in [2.05, 4.69) is 34.7 Å². The van der Waals surface area contributed by atoms with Crippen LogP contribution in [-0.2, 0) is 0 Å². The molecule has 1 fully saturated rings. The van der Waals surface area contributed by atoms with Gasteiger partial charge in [0.1, 0.15) is 0 Å². The second-order valence-corrected chi connectivity index (χ2v) is 5.65. The molecule has 112 valence electrons. The highest BCUT2D eigenvalue weighted by atomic mass is 16.3. The fraction of sp³-hybridized carbons (Fsp3) is 0.688. The summed E-state index contributed by atoms with van der Waals surface area (Å²) in [5.41, 5.74) is 1.94. The van der Waals surface area contributed by atoms with Crippen LogP contribution in [0.5, 0.6) is 0 Å². The van der Waals surface area contributed by atoms with Gasteiger partial charge in [-0.25, -0.2) is 0 Å². The summed E-state index contributed by atoms with van der Waals surface area (Å²) in [4.78, 5) is 9.33. The number of anilines is 1. The molecular weight excluding hydrogens is 250 g/mol. The molecule has 2 atom stereocenters. The molecule has 2 rings (SSSR count). The fourth-order valence-electron chi connectivity index (χ4n) is 2.67. The van der Waals surface area contributed by atoms with Crippen molar-refractivity contribution >= 4 is 5.69 Å². The fourth-order valence-corrected chi connectivity index (χ4v) is 2.67. The average Bonchev–Trinajstić information content (AvgIpc) is 2.53. The van der Waals surface area contributed by atoms with E-state index in [1.807, 2.05) is 19.2 Å². The Morgan fingerprint density at radius 2 is 1.85 bits per heavy atom. The average molecular weight is 277 g/mol. The maximum Gasteiger partial charge on any atom is 0.0957 e. The molecule has 4 heteroatoms. The van der Waals surface area contributed by atoms with Crippen LogP contribution in [0.25, 0.3) is 0 Å². The van der Waals surface area contributed by atoms with Gasteiger partial charge in [-0.05, 0) is 31.9 Å². The minimum Gasteiger partial charge on any atom is -0.387 e. The predicted octanol–water partition coefficient (Wildman–Crippen LogP) is 2.45. The zero-order valence-electron chi connectivity index (χ0n) is 12.9. The number of hydrogen-bond donors (Lipinski definition) is 1. The SMILES string of the molecule is CCC(O)c1ccc(N2CCN(C(C)CC)CC2)cn1. The van der Waals surface area contributed by atoms with Gasteiger partial charge in [0.05, 0.1) is 23.7 Å². The Bertz CT molecular complexity index is 399. The molecule has 0 aromatic carbocycles. The first-order valence-electron chi connectivity index (χ1n) is 7.78. The molecule has 1 aliphatic heterocycles. The summed E-state index contributed by atoms with van der Waals surface area (Å²) in [6.45, 7) is 10.9. The molecule has 0 aliphatic carbocycles. The van der Waals surface area contributed by atoms with Crippen molar-refractivity contribution in [3.63, 3.8) is 0 Å². The summed E-state index contributed by atoms with van der Waals surface area (Å²) in [7, 11) is 0. The highest BCUT2D eigenvalue weighted by molar-refractivity contribution is 5.45. The molecule has 0 spiro atoms. The highest BCUT2D eigenvalue weighted by Gasteiger charge is 2.20. The maximum atomic E-state index is 9.77. The van der Waals surface area contributed by atoms with E-state index in [9.17, 15) is 5.11 Å². The topological polar surface area (TPSA) is 39.6 Å². The van der Waals surface area contributed by atoms with E-state index >= 15 is 0 Å². The standard InChI is InChI=1S/C16H27N3O/c1-4-13(3)18-8-10-19(11-9-18)14-6-7-15(17-12-14)16(20)5-2/h6-7,12-13,16,20H,4-5,8-11H2,1-3H3. The van der Waals surface area contributed by atoms with Gasteiger partial charge in [-0.15, -0.1) is 0 Å². The molecule has 1 N–H and O–H groups in total. The summed E-state index contributed by atoms with van der Waals surface area (Å²) in [6, 6.07) is 4.71. The summed E-state index contributed by atoms with van der Waals surface area (Å²) in [5.74, 6) is 0. The van der Waals surface area contributed by atoms with Crippen molar-refractivity contribution in [3.05, 3.63) is 24.0 Å². The van der Waals surface area contributed by atoms with E-state index < -0.39 is 6.10 Å². The predicted molar refractivity (Wildman–Crippen MR) is 83.0 cm³/mol. The van der Waals surface area contributed by atoms with E-state index in [1.165, 1.54) is 12.1 Å². The Hall–Kier alpha value is -1.13. The lowest BCUT2D eigenvalue weighted by Gasteiger charge is -2.38. The molecular formula is C16H27N3O. The maximum absolute atomic E-state index is 9.77. The van der Waals surface area contributed by atoms with E-state index in [-0.39, 0.29) is 0 Å². The van der Waals surface area contributed by atoms with E-state index in [0.29, 0.717) is 12.5 Å². The molecule has 20 heavy (non-hydrogen) atoms. The van der Waals surface area contributed by atoms with Crippen LogP contribution in [0, 0.1) is 0 Å². The van der Waals surface area contributed by atoms with Crippen LogP contribution in [0.15, 0.2) is 18.3 Å². The molecule has 0 amide bonds. The largest absolute Gasteiger partial charge is 0.387 e. The number of aliphatic hydroxyl groups excluding tert-OH is 1. The van der Waals surface area contributed by atoms with Gasteiger partial charge >= 0.3 is 0 Å². The Balaban J connectivity index is 1.93. The van der Waals surface area contributed by atoms with Gasteiger partial charge in [0, 0.05) is 32.2 Å². The van der Waals surface area contributed by atoms with Crippen molar-refractivity contribution in [1.29, 1.82) is 0 Å². The zero-order valence-corrected chi connectivity index (χ0v) is 12.9. The van der Waals surface area contributed by atoms with Crippen LogP contribution in [0.2, 0.25) is 0 Å². The molecule has 1 saturated heterocycles. The van der Waals surface area contributed by atoms with Gasteiger partial charge in [0.25, 0.3) is 0 Å². The quantitative estimate of drug-likeness (QED) is 0.897. The number of hydrogen-bond acceptors (Lipinski definition) is 4. The lowest BCUT2D eigenvalue weighted by atomic mass is 10.1. The van der Waals surface area contributed by atoms with Gasteiger partial charge in [-0.1, -0.05) is 13.8 Å². The van der Waals surface area contributed by atoms with Crippen molar-refractivity contribution in [2.24, 2.45) is 0 Å². The first-order valence-corrected chi connectivity index (χ1v) is 7.78. The first-order chi connectivity index (χ1) is 9.65. The van der Waals surface area contributed by atoms with Crippen LogP contribution in [0.4, 0.5) is 5.69 Å². The van der Waals surface area contributed by atoms with Crippen LogP contribution in [0.1, 0.15) is 45.4 Å². The van der Waals surface area contributed by atoms with Crippen molar-refractivity contribution < 1.29 is 5.11 Å². The molecule has 1 aliphatic rings. The first kappa shape index (κ1) is 15.3. The number of nitrogens with zero attached hydrogens (tertiary/aromatic N) is 3. The third-order valence-corrected chi connectivity index (χ3v) is 4.39. The molecule has 1 aromatic rings. The van der Waals surface area contributed by atoms with Crippen LogP contribution < -0.4 is 4.90 Å².